The molecule has 1 N–H and O–H groups in total. The first kappa shape index (κ1) is 26.4. The van der Waals surface area contributed by atoms with Crippen LogP contribution in [0.15, 0.2) is 89.9 Å². The lowest BCUT2D eigenvalue weighted by Gasteiger charge is -2.24. The van der Waals surface area contributed by atoms with Gasteiger partial charge in [0.1, 0.15) is 18.1 Å². The molecule has 0 radical (unpaired) electrons. The van der Waals surface area contributed by atoms with E-state index in [-0.39, 0.29) is 16.7 Å². The quantitative estimate of drug-likeness (QED) is 0.163. The lowest BCUT2D eigenvalue weighted by Crippen LogP contribution is -2.29. The maximum absolute atomic E-state index is 13.3. The molecule has 0 aliphatic carbocycles. The highest BCUT2D eigenvalue weighted by molar-refractivity contribution is 7.14. The van der Waals surface area contributed by atoms with Gasteiger partial charge in [-0.05, 0) is 58.9 Å². The number of carbonyl (C=O) groups is 2. The van der Waals surface area contributed by atoms with Crippen LogP contribution >= 0.6 is 11.3 Å². The standard InChI is InChI=1S/C32H30N2O4S/c1-20-7-5-6-8-23(20)19-38-25-15-11-22(12-16-25)28(35)26-27(21-9-13-24(14-10-21)32(2,3)4)34(30(37)29(26)36)31-33-17-18-39-31/h5-18,27,35H,19H2,1-4H3. The van der Waals surface area contributed by atoms with Crippen LogP contribution in [0.2, 0.25) is 0 Å². The van der Waals surface area contributed by atoms with Crippen molar-refractivity contribution in [1.82, 2.24) is 4.98 Å². The van der Waals surface area contributed by atoms with Crippen molar-refractivity contribution in [2.45, 2.75) is 45.8 Å². The highest BCUT2D eigenvalue weighted by Crippen LogP contribution is 2.43. The first-order chi connectivity index (χ1) is 18.6. The van der Waals surface area contributed by atoms with Gasteiger partial charge in [0, 0.05) is 17.1 Å². The molecule has 1 saturated heterocycles. The van der Waals surface area contributed by atoms with Gasteiger partial charge in [-0.3, -0.25) is 14.5 Å². The van der Waals surface area contributed by atoms with Gasteiger partial charge in [-0.1, -0.05) is 69.3 Å². The summed E-state index contributed by atoms with van der Waals surface area (Å²) in [4.78, 5) is 32.3. The molecule has 4 aromatic rings. The Hall–Kier alpha value is -4.23. The summed E-state index contributed by atoms with van der Waals surface area (Å²) >= 11 is 1.27. The molecule has 3 aromatic carbocycles. The first-order valence-electron chi connectivity index (χ1n) is 12.7. The molecule has 1 aliphatic rings. The second kappa shape index (κ2) is 10.5. The zero-order chi connectivity index (χ0) is 27.7. The van der Waals surface area contributed by atoms with Crippen LogP contribution in [-0.2, 0) is 21.6 Å². The van der Waals surface area contributed by atoms with Crippen molar-refractivity contribution in [1.29, 1.82) is 0 Å². The van der Waals surface area contributed by atoms with Gasteiger partial charge in [0.2, 0.25) is 0 Å². The van der Waals surface area contributed by atoms with Crippen LogP contribution in [0, 0.1) is 6.92 Å². The zero-order valence-electron chi connectivity index (χ0n) is 22.3. The lowest BCUT2D eigenvalue weighted by atomic mass is 9.85. The van der Waals surface area contributed by atoms with E-state index in [1.54, 1.807) is 35.8 Å². The molecular formula is C32H30N2O4S. The van der Waals surface area contributed by atoms with Crippen molar-refractivity contribution >= 4 is 33.9 Å². The summed E-state index contributed by atoms with van der Waals surface area (Å²) in [5, 5.41) is 13.6. The molecule has 6 nitrogen and oxygen atoms in total. The molecule has 7 heteroatoms. The minimum Gasteiger partial charge on any atom is -0.507 e. The number of aryl methyl sites for hydroxylation is 1. The number of aromatic nitrogens is 1. The van der Waals surface area contributed by atoms with E-state index < -0.39 is 17.7 Å². The molecule has 1 fully saturated rings. The molecule has 0 bridgehead atoms. The Morgan fingerprint density at radius 1 is 1.00 bits per heavy atom. The Labute approximate surface area is 232 Å². The maximum Gasteiger partial charge on any atom is 0.301 e. The summed E-state index contributed by atoms with van der Waals surface area (Å²) in [6.45, 7) is 8.82. The summed E-state index contributed by atoms with van der Waals surface area (Å²) in [7, 11) is 0. The number of rotatable bonds is 6. The molecule has 1 atom stereocenters. The number of aliphatic hydroxyl groups is 1. The van der Waals surface area contributed by atoms with Gasteiger partial charge in [-0.15, -0.1) is 11.3 Å². The number of ketones is 1. The number of Topliss-reactive ketones (excluding diaryl/α,β-unsaturated/α-hetero) is 1. The number of benzene rings is 3. The van der Waals surface area contributed by atoms with Crippen molar-refractivity contribution in [3.05, 3.63) is 118 Å². The number of aliphatic hydroxyl groups excluding tert-OH is 1. The average Bonchev–Trinajstić information content (AvgIpc) is 3.54. The zero-order valence-corrected chi connectivity index (χ0v) is 23.2. The molecule has 1 aliphatic heterocycles. The topological polar surface area (TPSA) is 79.7 Å². The van der Waals surface area contributed by atoms with Crippen LogP contribution in [0.3, 0.4) is 0 Å². The third-order valence-electron chi connectivity index (χ3n) is 6.95. The highest BCUT2D eigenvalue weighted by Gasteiger charge is 2.48. The van der Waals surface area contributed by atoms with Crippen LogP contribution in [0.4, 0.5) is 5.13 Å². The van der Waals surface area contributed by atoms with Gasteiger partial charge in [0.15, 0.2) is 5.13 Å². The molecule has 39 heavy (non-hydrogen) atoms. The lowest BCUT2D eigenvalue weighted by molar-refractivity contribution is -0.132. The summed E-state index contributed by atoms with van der Waals surface area (Å²) in [6.07, 6.45) is 1.59. The van der Waals surface area contributed by atoms with E-state index in [2.05, 4.69) is 25.8 Å². The first-order valence-corrected chi connectivity index (χ1v) is 13.6. The summed E-state index contributed by atoms with van der Waals surface area (Å²) in [5.41, 5.74) is 4.48. The van der Waals surface area contributed by atoms with Crippen molar-refractivity contribution in [2.75, 3.05) is 4.90 Å². The smallest absolute Gasteiger partial charge is 0.301 e. The van der Waals surface area contributed by atoms with Gasteiger partial charge in [-0.2, -0.15) is 0 Å². The van der Waals surface area contributed by atoms with E-state index in [4.69, 9.17) is 4.74 Å². The second-order valence-corrected chi connectivity index (χ2v) is 11.5. The van der Waals surface area contributed by atoms with E-state index >= 15 is 0 Å². The van der Waals surface area contributed by atoms with E-state index in [1.807, 2.05) is 55.5 Å². The number of hydrogen-bond acceptors (Lipinski definition) is 6. The van der Waals surface area contributed by atoms with Gasteiger partial charge in [-0.25, -0.2) is 4.98 Å². The van der Waals surface area contributed by atoms with E-state index in [0.29, 0.717) is 23.1 Å². The molecule has 198 valence electrons. The molecular weight excluding hydrogens is 508 g/mol. The van der Waals surface area contributed by atoms with Crippen LogP contribution < -0.4 is 9.64 Å². The number of hydrogen-bond donors (Lipinski definition) is 1. The molecule has 1 aromatic heterocycles. The summed E-state index contributed by atoms with van der Waals surface area (Å²) < 4.78 is 5.93. The van der Waals surface area contributed by atoms with Crippen molar-refractivity contribution in [3.8, 4) is 5.75 Å². The third-order valence-corrected chi connectivity index (χ3v) is 7.72. The number of amides is 1. The van der Waals surface area contributed by atoms with Gasteiger partial charge in [0.05, 0.1) is 11.6 Å². The number of nitrogens with zero attached hydrogens (tertiary/aromatic N) is 2. The fourth-order valence-electron chi connectivity index (χ4n) is 4.64. The Balaban J connectivity index is 1.50. The number of thiazole rings is 1. The average molecular weight is 539 g/mol. The van der Waals surface area contributed by atoms with Gasteiger partial charge >= 0.3 is 5.91 Å². The van der Waals surface area contributed by atoms with Crippen molar-refractivity contribution in [3.63, 3.8) is 0 Å². The molecule has 0 saturated carbocycles. The fourth-order valence-corrected chi connectivity index (χ4v) is 5.31. The Morgan fingerprint density at radius 2 is 1.69 bits per heavy atom. The monoisotopic (exact) mass is 538 g/mol. The number of anilines is 1. The molecule has 0 spiro atoms. The van der Waals surface area contributed by atoms with Crippen LogP contribution in [-0.4, -0.2) is 21.8 Å². The van der Waals surface area contributed by atoms with Crippen molar-refractivity contribution < 1.29 is 19.4 Å². The second-order valence-electron chi connectivity index (χ2n) is 10.6. The molecule has 1 unspecified atom stereocenters. The predicted octanol–water partition coefficient (Wildman–Crippen LogP) is 6.95. The molecule has 2 heterocycles. The van der Waals surface area contributed by atoms with Gasteiger partial charge < -0.3 is 9.84 Å². The van der Waals surface area contributed by atoms with Crippen LogP contribution in [0.5, 0.6) is 5.75 Å². The Bertz CT molecular complexity index is 1530. The predicted molar refractivity (Wildman–Crippen MR) is 154 cm³/mol. The van der Waals surface area contributed by atoms with Crippen LogP contribution in [0.1, 0.15) is 54.6 Å². The number of ether oxygens (including phenoxy) is 1. The van der Waals surface area contributed by atoms with Gasteiger partial charge in [0.25, 0.3) is 5.78 Å². The fraction of sp³-hybridized carbons (Fsp3) is 0.219. The normalized spacial score (nSPS) is 17.0. The maximum atomic E-state index is 13.3. The van der Waals surface area contributed by atoms with Crippen LogP contribution in [0.25, 0.3) is 5.76 Å². The largest absolute Gasteiger partial charge is 0.507 e. The SMILES string of the molecule is Cc1ccccc1COc1ccc(C(O)=C2C(=O)C(=O)N(c3nccs3)C2c2ccc(C(C)(C)C)cc2)cc1. The Kier molecular flexibility index (Phi) is 7.10. The van der Waals surface area contributed by atoms with Crippen molar-refractivity contribution in [2.24, 2.45) is 0 Å². The summed E-state index contributed by atoms with van der Waals surface area (Å²) in [5.74, 6) is -1.06. The molecule has 1 amide bonds. The Morgan fingerprint density at radius 3 is 2.31 bits per heavy atom. The minimum atomic E-state index is -0.804. The van der Waals surface area contributed by atoms with E-state index in [1.165, 1.54) is 16.2 Å². The third kappa shape index (κ3) is 5.22. The minimum absolute atomic E-state index is 0.0345. The number of carbonyl (C=O) groups excluding carboxylic acids is 2. The van der Waals surface area contributed by atoms with E-state index in [9.17, 15) is 14.7 Å². The molecule has 5 rings (SSSR count). The summed E-state index contributed by atoms with van der Waals surface area (Å²) in [6, 6.07) is 21.9. The van der Waals surface area contributed by atoms with E-state index in [0.717, 1.165) is 22.3 Å². The highest BCUT2D eigenvalue weighted by atomic mass is 32.1.